The van der Waals surface area contributed by atoms with E-state index in [0.29, 0.717) is 5.28 Å². The van der Waals surface area contributed by atoms with Crippen molar-refractivity contribution in [1.82, 2.24) is 10.7 Å². The fourth-order valence-electron chi connectivity index (χ4n) is 1.46. The Morgan fingerprint density at radius 1 is 1.14 bits per heavy atom. The first-order valence-corrected chi connectivity index (χ1v) is 7.32. The summed E-state index contributed by atoms with van der Waals surface area (Å²) in [6.45, 7) is 1.86. The number of hydrazine groups is 1. The molecule has 0 saturated heterocycles. The standard InChI is InChI=1S/C12H15N3O5S/c1-9-4-6-10(7-5-9)21(16,17)20-15-13-11(18-2)8-12(14-15)19-3/h4-8,13H,1-3H3. The van der Waals surface area contributed by atoms with Gasteiger partial charge < -0.3 is 9.47 Å². The highest BCUT2D eigenvalue weighted by atomic mass is 32.2. The van der Waals surface area contributed by atoms with E-state index in [1.807, 2.05) is 6.92 Å². The fraction of sp³-hybridized carbons (Fsp3) is 0.250. The van der Waals surface area contributed by atoms with Crippen LogP contribution in [0.1, 0.15) is 5.56 Å². The number of hydrogen-bond donors (Lipinski definition) is 1. The van der Waals surface area contributed by atoms with Gasteiger partial charge in [-0.1, -0.05) is 22.8 Å². The van der Waals surface area contributed by atoms with Crippen LogP contribution in [0, 0.1) is 6.92 Å². The molecule has 0 aromatic heterocycles. The van der Waals surface area contributed by atoms with Crippen LogP contribution in [0.3, 0.4) is 0 Å². The minimum atomic E-state index is -4.02. The van der Waals surface area contributed by atoms with Crippen molar-refractivity contribution < 1.29 is 22.2 Å². The quantitative estimate of drug-likeness (QED) is 0.882. The molecule has 1 N–H and O–H groups in total. The second-order valence-electron chi connectivity index (χ2n) is 4.08. The average Bonchev–Trinajstić information content (AvgIpc) is 2.46. The van der Waals surface area contributed by atoms with Gasteiger partial charge >= 0.3 is 10.1 Å². The van der Waals surface area contributed by atoms with Gasteiger partial charge in [0.15, 0.2) is 0 Å². The third-order valence-corrected chi connectivity index (χ3v) is 3.74. The van der Waals surface area contributed by atoms with Gasteiger partial charge in [-0.2, -0.15) is 8.42 Å². The number of aryl methyl sites for hydroxylation is 1. The zero-order valence-electron chi connectivity index (χ0n) is 11.7. The molecule has 1 aromatic rings. The molecule has 0 amide bonds. The molecule has 0 spiro atoms. The van der Waals surface area contributed by atoms with Crippen molar-refractivity contribution in [3.05, 3.63) is 41.8 Å². The predicted octanol–water partition coefficient (Wildman–Crippen LogP) is 0.883. The number of ether oxygens (including phenoxy) is 2. The molecule has 0 unspecified atom stereocenters. The number of rotatable bonds is 4. The first-order valence-electron chi connectivity index (χ1n) is 5.91. The van der Waals surface area contributed by atoms with E-state index in [4.69, 9.17) is 13.8 Å². The molecular weight excluding hydrogens is 298 g/mol. The number of hydrazone groups is 1. The Kier molecular flexibility index (Phi) is 4.34. The van der Waals surface area contributed by atoms with E-state index in [1.54, 1.807) is 12.1 Å². The predicted molar refractivity (Wildman–Crippen MR) is 74.0 cm³/mol. The molecule has 9 heteroatoms. The number of nitrogens with one attached hydrogen (secondary N) is 1. The maximum Gasteiger partial charge on any atom is 0.320 e. The van der Waals surface area contributed by atoms with Gasteiger partial charge in [0.25, 0.3) is 0 Å². The monoisotopic (exact) mass is 313 g/mol. The van der Waals surface area contributed by atoms with Gasteiger partial charge in [-0.25, -0.2) is 5.43 Å². The van der Waals surface area contributed by atoms with E-state index in [0.717, 1.165) is 5.56 Å². The van der Waals surface area contributed by atoms with Gasteiger partial charge in [0, 0.05) is 0 Å². The first-order chi connectivity index (χ1) is 9.94. The molecule has 21 heavy (non-hydrogen) atoms. The molecule has 0 aliphatic carbocycles. The van der Waals surface area contributed by atoms with E-state index in [9.17, 15) is 8.42 Å². The van der Waals surface area contributed by atoms with Crippen LogP contribution in [-0.4, -0.2) is 33.8 Å². The molecule has 1 aliphatic heterocycles. The van der Waals surface area contributed by atoms with Gasteiger partial charge in [-0.15, -0.1) is 4.28 Å². The van der Waals surface area contributed by atoms with Crippen LogP contribution in [0.2, 0.25) is 0 Å². The largest absolute Gasteiger partial charge is 0.481 e. The number of hydrogen-bond acceptors (Lipinski definition) is 8. The second kappa shape index (κ2) is 6.02. The summed E-state index contributed by atoms with van der Waals surface area (Å²) in [6, 6.07) is 6.24. The van der Waals surface area contributed by atoms with E-state index in [1.165, 1.54) is 32.4 Å². The summed E-state index contributed by atoms with van der Waals surface area (Å²) in [5.41, 5.74) is 3.45. The summed E-state index contributed by atoms with van der Waals surface area (Å²) in [6.07, 6.45) is 1.44. The summed E-state index contributed by atoms with van der Waals surface area (Å²) >= 11 is 0. The van der Waals surface area contributed by atoms with Crippen molar-refractivity contribution >= 4 is 16.0 Å². The van der Waals surface area contributed by atoms with Crippen LogP contribution >= 0.6 is 0 Å². The first kappa shape index (κ1) is 15.1. The maximum absolute atomic E-state index is 12.1. The summed E-state index contributed by atoms with van der Waals surface area (Å²) in [7, 11) is -1.23. The molecule has 0 saturated carbocycles. The van der Waals surface area contributed by atoms with Crippen LogP contribution in [0.5, 0.6) is 0 Å². The van der Waals surface area contributed by atoms with Crippen molar-refractivity contribution in [2.24, 2.45) is 5.10 Å². The Labute approximate surface area is 122 Å². The highest BCUT2D eigenvalue weighted by Gasteiger charge is 2.23. The lowest BCUT2D eigenvalue weighted by Crippen LogP contribution is -2.39. The Balaban J connectivity index is 2.19. The Morgan fingerprint density at radius 3 is 2.38 bits per heavy atom. The zero-order chi connectivity index (χ0) is 15.5. The van der Waals surface area contributed by atoms with Crippen molar-refractivity contribution in [3.8, 4) is 0 Å². The minimum absolute atomic E-state index is 0.0117. The normalized spacial score (nSPS) is 14.9. The smallest absolute Gasteiger partial charge is 0.320 e. The van der Waals surface area contributed by atoms with Crippen molar-refractivity contribution in [3.63, 3.8) is 0 Å². The Bertz CT molecular complexity index is 667. The minimum Gasteiger partial charge on any atom is -0.481 e. The summed E-state index contributed by atoms with van der Waals surface area (Å²) in [4.78, 5) is 0.0117. The lowest BCUT2D eigenvalue weighted by Gasteiger charge is -2.23. The van der Waals surface area contributed by atoms with E-state index < -0.39 is 10.1 Å². The van der Waals surface area contributed by atoms with Gasteiger partial charge in [0.2, 0.25) is 11.8 Å². The van der Waals surface area contributed by atoms with Crippen molar-refractivity contribution in [1.29, 1.82) is 0 Å². The topological polar surface area (TPSA) is 89.5 Å². The molecule has 1 aromatic carbocycles. The average molecular weight is 313 g/mol. The molecule has 0 atom stereocenters. The highest BCUT2D eigenvalue weighted by molar-refractivity contribution is 7.86. The third kappa shape index (κ3) is 3.64. The maximum atomic E-state index is 12.1. The molecule has 8 nitrogen and oxygen atoms in total. The lowest BCUT2D eigenvalue weighted by atomic mass is 10.2. The zero-order valence-corrected chi connectivity index (χ0v) is 12.5. The SMILES string of the molecule is COC1=CC(OC)=NN(OS(=O)(=O)c2ccc(C)cc2)N1. The number of benzene rings is 1. The summed E-state index contributed by atoms with van der Waals surface area (Å²) < 4.78 is 39.0. The molecule has 0 fully saturated rings. The van der Waals surface area contributed by atoms with Gasteiger partial charge in [0.1, 0.15) is 0 Å². The van der Waals surface area contributed by atoms with Crippen LogP contribution in [0.15, 0.2) is 46.2 Å². The van der Waals surface area contributed by atoms with E-state index >= 15 is 0 Å². The molecule has 1 heterocycles. The Hall–Kier alpha value is -2.26. The van der Waals surface area contributed by atoms with Crippen LogP contribution in [-0.2, 0) is 23.9 Å². The molecule has 0 bridgehead atoms. The fourth-order valence-corrected chi connectivity index (χ4v) is 2.27. The molecule has 2 rings (SSSR count). The molecular formula is C12H15N3O5S. The van der Waals surface area contributed by atoms with Crippen LogP contribution in [0.25, 0.3) is 0 Å². The highest BCUT2D eigenvalue weighted by Crippen LogP contribution is 2.16. The van der Waals surface area contributed by atoms with Crippen LogP contribution in [0.4, 0.5) is 0 Å². The lowest BCUT2D eigenvalue weighted by molar-refractivity contribution is -0.105. The number of methoxy groups -OCH3 is 2. The molecule has 0 radical (unpaired) electrons. The summed E-state index contributed by atoms with van der Waals surface area (Å²) in [5.74, 6) is 0.352. The number of nitrogens with zero attached hydrogens (tertiary/aromatic N) is 2. The van der Waals surface area contributed by atoms with Gasteiger partial charge in [0.05, 0.1) is 25.2 Å². The summed E-state index contributed by atoms with van der Waals surface area (Å²) in [5, 5.41) is 4.45. The Morgan fingerprint density at radius 2 is 1.81 bits per heavy atom. The van der Waals surface area contributed by atoms with E-state index in [-0.39, 0.29) is 16.7 Å². The van der Waals surface area contributed by atoms with Gasteiger partial charge in [-0.3, -0.25) is 0 Å². The molecule has 114 valence electrons. The molecule has 1 aliphatic rings. The van der Waals surface area contributed by atoms with Crippen molar-refractivity contribution in [2.75, 3.05) is 14.2 Å². The van der Waals surface area contributed by atoms with Crippen molar-refractivity contribution in [2.45, 2.75) is 11.8 Å². The van der Waals surface area contributed by atoms with E-state index in [2.05, 4.69) is 10.5 Å². The van der Waals surface area contributed by atoms with Crippen LogP contribution < -0.4 is 5.43 Å². The van der Waals surface area contributed by atoms with Gasteiger partial charge in [-0.05, 0) is 24.3 Å². The third-order valence-electron chi connectivity index (χ3n) is 2.56. The second-order valence-corrected chi connectivity index (χ2v) is 5.61.